The molecule has 0 fully saturated rings. The predicted octanol–water partition coefficient (Wildman–Crippen LogP) is 1.45. The largest absolute Gasteiger partial charge is 0.379 e. The SMILES string of the molecule is CCCCOCCOCCOCCCNC. The number of unbranched alkanes of at least 4 members (excludes halogenated alkanes) is 1. The van der Waals surface area contributed by atoms with Crippen LogP contribution < -0.4 is 5.32 Å². The monoisotopic (exact) mass is 233 g/mol. The predicted molar refractivity (Wildman–Crippen MR) is 65.9 cm³/mol. The zero-order valence-electron chi connectivity index (χ0n) is 10.8. The van der Waals surface area contributed by atoms with Crippen molar-refractivity contribution in [1.29, 1.82) is 0 Å². The molecule has 16 heavy (non-hydrogen) atoms. The third-order valence-corrected chi connectivity index (χ3v) is 2.10. The van der Waals surface area contributed by atoms with Crippen LogP contribution in [-0.4, -0.2) is 53.2 Å². The Hall–Kier alpha value is -0.160. The van der Waals surface area contributed by atoms with E-state index in [0.29, 0.717) is 26.4 Å². The molecule has 4 nitrogen and oxygen atoms in total. The molecule has 0 saturated heterocycles. The third kappa shape index (κ3) is 13.8. The highest BCUT2D eigenvalue weighted by molar-refractivity contribution is 4.40. The van der Waals surface area contributed by atoms with E-state index in [0.717, 1.165) is 32.6 Å². The first-order valence-corrected chi connectivity index (χ1v) is 6.29. The molecular formula is C12H27NO3. The summed E-state index contributed by atoms with van der Waals surface area (Å²) in [5, 5.41) is 3.08. The van der Waals surface area contributed by atoms with Crippen LogP contribution in [0, 0.1) is 0 Å². The second kappa shape index (κ2) is 14.8. The van der Waals surface area contributed by atoms with Gasteiger partial charge in [0.15, 0.2) is 0 Å². The average Bonchev–Trinajstić information content (AvgIpc) is 2.31. The Labute approximate surface area is 99.6 Å². The van der Waals surface area contributed by atoms with E-state index in [2.05, 4.69) is 12.2 Å². The summed E-state index contributed by atoms with van der Waals surface area (Å²) in [5.41, 5.74) is 0. The highest BCUT2D eigenvalue weighted by Crippen LogP contribution is 1.88. The van der Waals surface area contributed by atoms with Crippen molar-refractivity contribution in [3.63, 3.8) is 0 Å². The summed E-state index contributed by atoms with van der Waals surface area (Å²) >= 11 is 0. The van der Waals surface area contributed by atoms with Crippen molar-refractivity contribution in [2.75, 3.05) is 53.2 Å². The van der Waals surface area contributed by atoms with Crippen LogP contribution in [0.2, 0.25) is 0 Å². The van der Waals surface area contributed by atoms with E-state index >= 15 is 0 Å². The Bertz CT molecular complexity index is 109. The van der Waals surface area contributed by atoms with Crippen molar-refractivity contribution in [2.45, 2.75) is 26.2 Å². The zero-order valence-corrected chi connectivity index (χ0v) is 10.8. The average molecular weight is 233 g/mol. The lowest BCUT2D eigenvalue weighted by Gasteiger charge is -2.06. The highest BCUT2D eigenvalue weighted by Gasteiger charge is 1.91. The van der Waals surface area contributed by atoms with Gasteiger partial charge >= 0.3 is 0 Å². The molecule has 0 rings (SSSR count). The van der Waals surface area contributed by atoms with E-state index in [1.54, 1.807) is 0 Å². The summed E-state index contributed by atoms with van der Waals surface area (Å²) in [7, 11) is 1.95. The molecule has 0 aromatic carbocycles. The summed E-state index contributed by atoms with van der Waals surface area (Å²) < 4.78 is 16.1. The van der Waals surface area contributed by atoms with Gasteiger partial charge in [0.25, 0.3) is 0 Å². The van der Waals surface area contributed by atoms with Gasteiger partial charge in [-0.15, -0.1) is 0 Å². The lowest BCUT2D eigenvalue weighted by atomic mass is 10.4. The molecule has 0 spiro atoms. The molecule has 0 aliphatic rings. The maximum Gasteiger partial charge on any atom is 0.0701 e. The van der Waals surface area contributed by atoms with Crippen LogP contribution >= 0.6 is 0 Å². The summed E-state index contributed by atoms with van der Waals surface area (Å²) in [4.78, 5) is 0. The minimum atomic E-state index is 0.663. The number of hydrogen-bond donors (Lipinski definition) is 1. The normalized spacial score (nSPS) is 10.9. The first-order valence-electron chi connectivity index (χ1n) is 6.29. The molecule has 0 aromatic heterocycles. The van der Waals surface area contributed by atoms with Crippen LogP contribution in [-0.2, 0) is 14.2 Å². The maximum absolute atomic E-state index is 5.38. The number of nitrogens with one attached hydrogen (secondary N) is 1. The Morgan fingerprint density at radius 2 is 1.25 bits per heavy atom. The molecule has 0 bridgehead atoms. The standard InChI is InChI=1S/C12H27NO3/c1-3-4-7-14-9-11-16-12-10-15-8-5-6-13-2/h13H,3-12H2,1-2H3. The lowest BCUT2D eigenvalue weighted by Crippen LogP contribution is -2.13. The zero-order chi connectivity index (χ0) is 11.9. The summed E-state index contributed by atoms with van der Waals surface area (Å²) in [6.07, 6.45) is 3.37. The fourth-order valence-electron chi connectivity index (χ4n) is 1.14. The summed E-state index contributed by atoms with van der Waals surface area (Å²) in [6.45, 7) is 7.52. The van der Waals surface area contributed by atoms with Crippen LogP contribution in [0.3, 0.4) is 0 Å². The van der Waals surface area contributed by atoms with Gasteiger partial charge in [-0.2, -0.15) is 0 Å². The Kier molecular flexibility index (Phi) is 14.7. The number of ether oxygens (including phenoxy) is 3. The molecule has 98 valence electrons. The van der Waals surface area contributed by atoms with Crippen molar-refractivity contribution < 1.29 is 14.2 Å². The molecule has 0 radical (unpaired) electrons. The van der Waals surface area contributed by atoms with Gasteiger partial charge in [-0.05, 0) is 26.4 Å². The first kappa shape index (κ1) is 15.8. The molecule has 0 aromatic rings. The van der Waals surface area contributed by atoms with Crippen LogP contribution in [0.5, 0.6) is 0 Å². The molecular weight excluding hydrogens is 206 g/mol. The van der Waals surface area contributed by atoms with Gasteiger partial charge in [-0.1, -0.05) is 13.3 Å². The van der Waals surface area contributed by atoms with Crippen LogP contribution in [0.15, 0.2) is 0 Å². The molecule has 0 atom stereocenters. The Morgan fingerprint density at radius 3 is 1.75 bits per heavy atom. The first-order chi connectivity index (χ1) is 7.91. The van der Waals surface area contributed by atoms with Gasteiger partial charge in [0.05, 0.1) is 26.4 Å². The maximum atomic E-state index is 5.38. The second-order valence-corrected chi connectivity index (χ2v) is 3.65. The molecule has 0 aliphatic carbocycles. The molecule has 1 N–H and O–H groups in total. The quantitative estimate of drug-likeness (QED) is 0.489. The fraction of sp³-hybridized carbons (Fsp3) is 1.00. The second-order valence-electron chi connectivity index (χ2n) is 3.65. The molecule has 4 heteroatoms. The van der Waals surface area contributed by atoms with Crippen molar-refractivity contribution >= 4 is 0 Å². The van der Waals surface area contributed by atoms with Crippen LogP contribution in [0.25, 0.3) is 0 Å². The van der Waals surface area contributed by atoms with E-state index < -0.39 is 0 Å². The minimum Gasteiger partial charge on any atom is -0.379 e. The topological polar surface area (TPSA) is 39.7 Å². The minimum absolute atomic E-state index is 0.663. The van der Waals surface area contributed by atoms with Crippen molar-refractivity contribution in [2.24, 2.45) is 0 Å². The molecule has 0 amide bonds. The Morgan fingerprint density at radius 1 is 0.750 bits per heavy atom. The smallest absolute Gasteiger partial charge is 0.0701 e. The molecule has 0 heterocycles. The van der Waals surface area contributed by atoms with E-state index in [9.17, 15) is 0 Å². The Balaban J connectivity index is 2.83. The third-order valence-electron chi connectivity index (χ3n) is 2.10. The van der Waals surface area contributed by atoms with E-state index in [4.69, 9.17) is 14.2 Å². The van der Waals surface area contributed by atoms with Gasteiger partial charge < -0.3 is 19.5 Å². The highest BCUT2D eigenvalue weighted by atomic mass is 16.5. The van der Waals surface area contributed by atoms with E-state index in [1.807, 2.05) is 7.05 Å². The van der Waals surface area contributed by atoms with Crippen molar-refractivity contribution in [3.8, 4) is 0 Å². The van der Waals surface area contributed by atoms with Gasteiger partial charge in [-0.3, -0.25) is 0 Å². The summed E-state index contributed by atoms with van der Waals surface area (Å²) in [5.74, 6) is 0. The van der Waals surface area contributed by atoms with Crippen molar-refractivity contribution in [3.05, 3.63) is 0 Å². The van der Waals surface area contributed by atoms with E-state index in [1.165, 1.54) is 6.42 Å². The van der Waals surface area contributed by atoms with Gasteiger partial charge in [-0.25, -0.2) is 0 Å². The fourth-order valence-corrected chi connectivity index (χ4v) is 1.14. The molecule has 0 saturated carbocycles. The van der Waals surface area contributed by atoms with Crippen LogP contribution in [0.4, 0.5) is 0 Å². The lowest BCUT2D eigenvalue weighted by molar-refractivity contribution is 0.0138. The van der Waals surface area contributed by atoms with E-state index in [-0.39, 0.29) is 0 Å². The van der Waals surface area contributed by atoms with Crippen LogP contribution in [0.1, 0.15) is 26.2 Å². The molecule has 0 aliphatic heterocycles. The summed E-state index contributed by atoms with van der Waals surface area (Å²) in [6, 6.07) is 0. The van der Waals surface area contributed by atoms with Gasteiger partial charge in [0.1, 0.15) is 0 Å². The van der Waals surface area contributed by atoms with Gasteiger partial charge in [0.2, 0.25) is 0 Å². The van der Waals surface area contributed by atoms with Crippen molar-refractivity contribution in [1.82, 2.24) is 5.32 Å². The number of hydrogen-bond acceptors (Lipinski definition) is 4. The number of rotatable bonds is 13. The molecule has 0 unspecified atom stereocenters. The van der Waals surface area contributed by atoms with Gasteiger partial charge in [0, 0.05) is 13.2 Å².